The summed E-state index contributed by atoms with van der Waals surface area (Å²) in [7, 11) is 0. The van der Waals surface area contributed by atoms with Gasteiger partial charge in [0.15, 0.2) is 0 Å². The molecule has 0 atom stereocenters. The number of aromatic carboxylic acids is 1. The Morgan fingerprint density at radius 1 is 1.50 bits per heavy atom. The molecule has 92 valence electrons. The number of nitrogens with zero attached hydrogens (tertiary/aromatic N) is 2. The number of ether oxygens (including phenoxy) is 1. The number of imidazole rings is 1. The molecule has 0 fully saturated rings. The molecule has 0 unspecified atom stereocenters. The molecular weight excluding hydrogens is 347 g/mol. The number of carbonyl (C=O) groups excluding carboxylic acids is 1. The highest BCUT2D eigenvalue weighted by Gasteiger charge is 2.18. The van der Waals surface area contributed by atoms with Gasteiger partial charge in [0.2, 0.25) is 0 Å². The maximum Gasteiger partial charge on any atom is 0.145 e. The van der Waals surface area contributed by atoms with Gasteiger partial charge in [-0.25, -0.2) is 4.98 Å². The number of benzene rings is 1. The van der Waals surface area contributed by atoms with Crippen LogP contribution in [0.15, 0.2) is 24.4 Å². The van der Waals surface area contributed by atoms with Crippen LogP contribution >= 0.6 is 22.6 Å². The third-order valence-corrected chi connectivity index (χ3v) is 3.31. The highest BCUT2D eigenvalue weighted by molar-refractivity contribution is 14.1. The molecule has 6 heteroatoms. The molecule has 3 rings (SSSR count). The molecule has 2 heterocycles. The minimum atomic E-state index is -1.20. The van der Waals surface area contributed by atoms with E-state index >= 15 is 0 Å². The highest BCUT2D eigenvalue weighted by atomic mass is 127. The second kappa shape index (κ2) is 4.27. The van der Waals surface area contributed by atoms with Gasteiger partial charge < -0.3 is 19.2 Å². The van der Waals surface area contributed by atoms with Crippen molar-refractivity contribution in [3.8, 4) is 17.1 Å². The molecule has 1 aromatic heterocycles. The van der Waals surface area contributed by atoms with Gasteiger partial charge in [0.25, 0.3) is 0 Å². The Bertz CT molecular complexity index is 636. The normalized spacial score (nSPS) is 13.2. The molecule has 0 saturated carbocycles. The van der Waals surface area contributed by atoms with Crippen LogP contribution in [0, 0.1) is 3.70 Å². The number of aromatic nitrogens is 2. The third kappa shape index (κ3) is 1.86. The van der Waals surface area contributed by atoms with Gasteiger partial charge in [-0.3, -0.25) is 0 Å². The molecular formula is C12H8IN2O3-. The van der Waals surface area contributed by atoms with E-state index < -0.39 is 5.97 Å². The molecule has 0 N–H and O–H groups in total. The van der Waals surface area contributed by atoms with Gasteiger partial charge >= 0.3 is 0 Å². The van der Waals surface area contributed by atoms with Crippen molar-refractivity contribution in [3.05, 3.63) is 33.7 Å². The van der Waals surface area contributed by atoms with Gasteiger partial charge in [0, 0.05) is 6.20 Å². The minimum absolute atomic E-state index is 0.129. The van der Waals surface area contributed by atoms with Crippen molar-refractivity contribution >= 4 is 28.6 Å². The quantitative estimate of drug-likeness (QED) is 0.714. The average Bonchev–Trinajstić information content (AvgIpc) is 2.62. The Hall–Kier alpha value is -1.57. The molecule has 0 amide bonds. The lowest BCUT2D eigenvalue weighted by atomic mass is 10.1. The van der Waals surface area contributed by atoms with Crippen LogP contribution < -0.4 is 9.84 Å². The van der Waals surface area contributed by atoms with Crippen LogP contribution in [0.5, 0.6) is 5.75 Å². The van der Waals surface area contributed by atoms with E-state index in [2.05, 4.69) is 27.6 Å². The standard InChI is InChI=1S/C12H9IN2O3/c13-10-6-15-3-4-18-9-2-1-7(12(16)17)5-8(9)11(15)14-10/h1-2,5-6H,3-4H2,(H,16,17)/p-1. The Labute approximate surface area is 117 Å². The number of hydrogen-bond acceptors (Lipinski definition) is 4. The topological polar surface area (TPSA) is 67.2 Å². The van der Waals surface area contributed by atoms with E-state index in [-0.39, 0.29) is 5.56 Å². The molecule has 0 aliphatic carbocycles. The Kier molecular flexibility index (Phi) is 2.73. The van der Waals surface area contributed by atoms with Gasteiger partial charge in [-0.05, 0) is 46.4 Å². The van der Waals surface area contributed by atoms with E-state index in [0.29, 0.717) is 24.5 Å². The number of rotatable bonds is 1. The first-order chi connectivity index (χ1) is 8.65. The summed E-state index contributed by atoms with van der Waals surface area (Å²) in [5, 5.41) is 10.9. The first kappa shape index (κ1) is 11.5. The number of carboxylic acids is 1. The molecule has 0 saturated heterocycles. The maximum absolute atomic E-state index is 10.9. The molecule has 1 aliphatic rings. The summed E-state index contributed by atoms with van der Waals surface area (Å²) >= 11 is 2.13. The lowest BCUT2D eigenvalue weighted by molar-refractivity contribution is -0.255. The van der Waals surface area contributed by atoms with E-state index in [1.807, 2.05) is 10.8 Å². The van der Waals surface area contributed by atoms with Crippen LogP contribution in [-0.4, -0.2) is 22.1 Å². The first-order valence-corrected chi connectivity index (χ1v) is 6.44. The number of fused-ring (bicyclic) bond motifs is 3. The maximum atomic E-state index is 10.9. The molecule has 5 nitrogen and oxygen atoms in total. The van der Waals surface area contributed by atoms with E-state index in [1.54, 1.807) is 12.1 Å². The van der Waals surface area contributed by atoms with E-state index in [1.165, 1.54) is 6.07 Å². The zero-order valence-electron chi connectivity index (χ0n) is 9.22. The lowest BCUT2D eigenvalue weighted by Crippen LogP contribution is -2.22. The smallest absolute Gasteiger partial charge is 0.145 e. The van der Waals surface area contributed by atoms with Crippen LogP contribution in [0.25, 0.3) is 11.4 Å². The highest BCUT2D eigenvalue weighted by Crippen LogP contribution is 2.32. The first-order valence-electron chi connectivity index (χ1n) is 5.36. The summed E-state index contributed by atoms with van der Waals surface area (Å²) in [6.07, 6.45) is 1.92. The molecule has 1 aliphatic heterocycles. The fourth-order valence-electron chi connectivity index (χ4n) is 1.98. The monoisotopic (exact) mass is 355 g/mol. The summed E-state index contributed by atoms with van der Waals surface area (Å²) in [6, 6.07) is 4.68. The van der Waals surface area contributed by atoms with Gasteiger partial charge in [0.05, 0.1) is 18.1 Å². The zero-order chi connectivity index (χ0) is 12.7. The van der Waals surface area contributed by atoms with Crippen molar-refractivity contribution < 1.29 is 14.6 Å². The van der Waals surface area contributed by atoms with Gasteiger partial charge in [-0.1, -0.05) is 0 Å². The number of halogens is 1. The summed E-state index contributed by atoms with van der Waals surface area (Å²) < 4.78 is 8.42. The fraction of sp³-hybridized carbons (Fsp3) is 0.167. The van der Waals surface area contributed by atoms with Crippen molar-refractivity contribution in [1.82, 2.24) is 9.55 Å². The molecule has 0 radical (unpaired) electrons. The fourth-order valence-corrected chi connectivity index (χ4v) is 2.55. The predicted octanol–water partition coefficient (Wildman–Crippen LogP) is 0.911. The molecule has 2 aromatic rings. The summed E-state index contributed by atoms with van der Waals surface area (Å²) in [5.74, 6) is 0.186. The Balaban J connectivity index is 2.23. The number of carboxylic acid groups (broad SMARTS) is 1. The van der Waals surface area contributed by atoms with Gasteiger partial charge in [-0.15, -0.1) is 0 Å². The third-order valence-electron chi connectivity index (χ3n) is 2.79. The number of carbonyl (C=O) groups is 1. The summed E-state index contributed by atoms with van der Waals surface area (Å²) in [4.78, 5) is 15.3. The van der Waals surface area contributed by atoms with E-state index in [9.17, 15) is 9.90 Å². The van der Waals surface area contributed by atoms with Gasteiger partial charge in [0.1, 0.15) is 21.9 Å². The molecule has 0 bridgehead atoms. The van der Waals surface area contributed by atoms with Crippen LogP contribution in [-0.2, 0) is 6.54 Å². The number of hydrogen-bond donors (Lipinski definition) is 0. The van der Waals surface area contributed by atoms with Crippen LogP contribution in [0.3, 0.4) is 0 Å². The van der Waals surface area contributed by atoms with Crippen molar-refractivity contribution in [2.24, 2.45) is 0 Å². The second-order valence-electron chi connectivity index (χ2n) is 3.93. The van der Waals surface area contributed by atoms with Crippen molar-refractivity contribution in [2.45, 2.75) is 6.54 Å². The average molecular weight is 355 g/mol. The zero-order valence-corrected chi connectivity index (χ0v) is 11.4. The van der Waals surface area contributed by atoms with Crippen molar-refractivity contribution in [3.63, 3.8) is 0 Å². The molecule has 0 spiro atoms. The van der Waals surface area contributed by atoms with Crippen LogP contribution in [0.1, 0.15) is 10.4 Å². The summed E-state index contributed by atoms with van der Waals surface area (Å²) in [5.41, 5.74) is 0.820. The predicted molar refractivity (Wildman–Crippen MR) is 70.2 cm³/mol. The summed E-state index contributed by atoms with van der Waals surface area (Å²) in [6.45, 7) is 1.23. The molecule has 18 heavy (non-hydrogen) atoms. The lowest BCUT2D eigenvalue weighted by Gasteiger charge is -2.09. The largest absolute Gasteiger partial charge is 0.545 e. The second-order valence-corrected chi connectivity index (χ2v) is 5.03. The Morgan fingerprint density at radius 2 is 2.33 bits per heavy atom. The Morgan fingerprint density at radius 3 is 3.11 bits per heavy atom. The van der Waals surface area contributed by atoms with E-state index in [4.69, 9.17) is 4.74 Å². The minimum Gasteiger partial charge on any atom is -0.545 e. The van der Waals surface area contributed by atoms with Crippen LogP contribution in [0.2, 0.25) is 0 Å². The van der Waals surface area contributed by atoms with Crippen LogP contribution in [0.4, 0.5) is 0 Å². The van der Waals surface area contributed by atoms with Crippen molar-refractivity contribution in [1.29, 1.82) is 0 Å². The van der Waals surface area contributed by atoms with E-state index in [0.717, 1.165) is 9.53 Å². The van der Waals surface area contributed by atoms with Gasteiger partial charge in [-0.2, -0.15) is 0 Å². The van der Waals surface area contributed by atoms with Crippen molar-refractivity contribution in [2.75, 3.05) is 6.61 Å². The SMILES string of the molecule is O=C([O-])c1ccc2c(c1)-c1nc(I)cn1CCO2. The molecule has 1 aromatic carbocycles.